The van der Waals surface area contributed by atoms with Gasteiger partial charge in [-0.1, -0.05) is 59.8 Å². The second kappa shape index (κ2) is 20.7. The van der Waals surface area contributed by atoms with Crippen molar-refractivity contribution in [2.75, 3.05) is 27.3 Å². The maximum absolute atomic E-state index is 12.1. The summed E-state index contributed by atoms with van der Waals surface area (Å²) >= 11 is 0. The fraction of sp³-hybridized carbons (Fsp3) is 0.778. The first-order chi connectivity index (χ1) is 18.4. The minimum atomic E-state index is -0.854. The number of carbonyl (C=O) groups is 6. The van der Waals surface area contributed by atoms with Gasteiger partial charge >= 0.3 is 35.6 Å². The minimum absolute atomic E-state index is 0.143. The van der Waals surface area contributed by atoms with E-state index in [0.717, 1.165) is 44.9 Å². The summed E-state index contributed by atoms with van der Waals surface area (Å²) in [5, 5.41) is 9.98. The highest BCUT2D eigenvalue weighted by Crippen LogP contribution is 2.08. The van der Waals surface area contributed by atoms with Crippen molar-refractivity contribution in [2.24, 2.45) is 11.8 Å². The van der Waals surface area contributed by atoms with Gasteiger partial charge < -0.3 is 30.7 Å². The molecule has 0 aromatic heterocycles. The van der Waals surface area contributed by atoms with Gasteiger partial charge in [-0.25, -0.2) is 9.59 Å². The van der Waals surface area contributed by atoms with E-state index in [0.29, 0.717) is 25.9 Å². The van der Waals surface area contributed by atoms with Crippen LogP contribution < -0.4 is 21.3 Å². The van der Waals surface area contributed by atoms with Gasteiger partial charge in [-0.05, 0) is 37.5 Å². The van der Waals surface area contributed by atoms with E-state index in [-0.39, 0.29) is 11.8 Å². The zero-order valence-corrected chi connectivity index (χ0v) is 24.4. The van der Waals surface area contributed by atoms with Crippen molar-refractivity contribution in [3.63, 3.8) is 0 Å². The van der Waals surface area contributed by atoms with Crippen molar-refractivity contribution in [1.29, 1.82) is 0 Å². The molecule has 0 bridgehead atoms. The van der Waals surface area contributed by atoms with Crippen LogP contribution >= 0.6 is 0 Å². The predicted octanol–water partition coefficient (Wildman–Crippen LogP) is 1.36. The lowest BCUT2D eigenvalue weighted by Crippen LogP contribution is -2.48. The van der Waals surface area contributed by atoms with E-state index < -0.39 is 47.7 Å². The van der Waals surface area contributed by atoms with Crippen LogP contribution in [0.15, 0.2) is 0 Å². The van der Waals surface area contributed by atoms with E-state index in [1.807, 2.05) is 27.7 Å². The molecule has 0 rings (SSSR count). The molecule has 39 heavy (non-hydrogen) atoms. The zero-order valence-electron chi connectivity index (χ0n) is 24.4. The van der Waals surface area contributed by atoms with Crippen LogP contribution in [0.3, 0.4) is 0 Å². The summed E-state index contributed by atoms with van der Waals surface area (Å²) in [5.41, 5.74) is 0. The molecule has 2 atom stereocenters. The molecule has 0 aromatic carbocycles. The standard InChI is InChI=1S/C27H48N4O8/c1-18(2)16-20(26(36)38-5)30-24(34)22(32)28-14-12-10-8-7-9-11-13-15-29-23(33)25(35)31-21(17-19(3)4)27(37)39-6/h18-21H,7-17H2,1-6H3,(H,28,32)(H,29,33)(H,30,34)(H,31,35)/t20-,21-/m0/s1. The van der Waals surface area contributed by atoms with Gasteiger partial charge in [-0.3, -0.25) is 19.2 Å². The zero-order chi connectivity index (χ0) is 29.8. The number of methoxy groups -OCH3 is 2. The molecule has 0 saturated heterocycles. The van der Waals surface area contributed by atoms with Gasteiger partial charge in [0, 0.05) is 13.1 Å². The van der Waals surface area contributed by atoms with Gasteiger partial charge in [0.15, 0.2) is 0 Å². The Labute approximate surface area is 232 Å². The molecular weight excluding hydrogens is 508 g/mol. The summed E-state index contributed by atoms with van der Waals surface area (Å²) in [7, 11) is 2.47. The van der Waals surface area contributed by atoms with Gasteiger partial charge in [0.25, 0.3) is 0 Å². The molecule has 4 amide bonds. The Morgan fingerprint density at radius 2 is 0.821 bits per heavy atom. The summed E-state index contributed by atoms with van der Waals surface area (Å²) in [5.74, 6) is -4.13. The quantitative estimate of drug-likeness (QED) is 0.111. The van der Waals surface area contributed by atoms with Crippen LogP contribution in [0.2, 0.25) is 0 Å². The molecule has 0 unspecified atom stereocenters. The Morgan fingerprint density at radius 1 is 0.513 bits per heavy atom. The average molecular weight is 557 g/mol. The molecule has 0 aliphatic carbocycles. The van der Waals surface area contributed by atoms with Crippen LogP contribution in [0.4, 0.5) is 0 Å². The number of amides is 4. The molecule has 0 aromatic rings. The van der Waals surface area contributed by atoms with Crippen LogP contribution in [-0.2, 0) is 38.2 Å². The van der Waals surface area contributed by atoms with Crippen molar-refractivity contribution in [2.45, 2.75) is 97.6 Å². The Bertz CT molecular complexity index is 737. The molecule has 0 aliphatic heterocycles. The van der Waals surface area contributed by atoms with E-state index in [1.54, 1.807) is 0 Å². The minimum Gasteiger partial charge on any atom is -0.467 e. The molecule has 0 fully saturated rings. The first kappa shape index (κ1) is 35.8. The third-order valence-electron chi connectivity index (χ3n) is 5.83. The first-order valence-corrected chi connectivity index (χ1v) is 13.8. The fourth-order valence-electron chi connectivity index (χ4n) is 3.80. The van der Waals surface area contributed by atoms with Crippen LogP contribution in [-0.4, -0.2) is 75.0 Å². The Balaban J connectivity index is 3.96. The van der Waals surface area contributed by atoms with Crippen LogP contribution in [0.25, 0.3) is 0 Å². The number of hydrogen-bond acceptors (Lipinski definition) is 8. The molecule has 224 valence electrons. The van der Waals surface area contributed by atoms with E-state index in [4.69, 9.17) is 0 Å². The molecule has 0 spiro atoms. The monoisotopic (exact) mass is 556 g/mol. The van der Waals surface area contributed by atoms with Gasteiger partial charge in [0.2, 0.25) is 0 Å². The Morgan fingerprint density at radius 3 is 1.10 bits per heavy atom. The van der Waals surface area contributed by atoms with Crippen molar-refractivity contribution < 1.29 is 38.2 Å². The maximum Gasteiger partial charge on any atom is 0.328 e. The summed E-state index contributed by atoms with van der Waals surface area (Å²) < 4.78 is 9.36. The lowest BCUT2D eigenvalue weighted by molar-refractivity contribution is -0.147. The number of unbranched alkanes of at least 4 members (excludes halogenated alkanes) is 6. The van der Waals surface area contributed by atoms with Crippen LogP contribution in [0.5, 0.6) is 0 Å². The van der Waals surface area contributed by atoms with Crippen LogP contribution in [0, 0.1) is 11.8 Å². The van der Waals surface area contributed by atoms with Crippen LogP contribution in [0.1, 0.15) is 85.5 Å². The van der Waals surface area contributed by atoms with Crippen molar-refractivity contribution in [3.8, 4) is 0 Å². The summed E-state index contributed by atoms with van der Waals surface area (Å²) in [6.07, 6.45) is 6.87. The van der Waals surface area contributed by atoms with E-state index >= 15 is 0 Å². The Hall–Kier alpha value is -3.18. The molecular formula is C27H48N4O8. The number of carbonyl (C=O) groups excluding carboxylic acids is 6. The highest BCUT2D eigenvalue weighted by molar-refractivity contribution is 6.35. The topological polar surface area (TPSA) is 169 Å². The average Bonchev–Trinajstić information content (AvgIpc) is 2.88. The van der Waals surface area contributed by atoms with E-state index in [1.165, 1.54) is 14.2 Å². The molecule has 12 heteroatoms. The first-order valence-electron chi connectivity index (χ1n) is 13.8. The van der Waals surface area contributed by atoms with E-state index in [9.17, 15) is 28.8 Å². The largest absolute Gasteiger partial charge is 0.467 e. The van der Waals surface area contributed by atoms with Gasteiger partial charge in [-0.15, -0.1) is 0 Å². The van der Waals surface area contributed by atoms with Gasteiger partial charge in [0.05, 0.1) is 14.2 Å². The maximum atomic E-state index is 12.1. The van der Waals surface area contributed by atoms with Crippen molar-refractivity contribution in [3.05, 3.63) is 0 Å². The summed E-state index contributed by atoms with van der Waals surface area (Å²) in [4.78, 5) is 71.6. The number of ether oxygens (including phenoxy) is 2. The molecule has 4 N–H and O–H groups in total. The smallest absolute Gasteiger partial charge is 0.328 e. The van der Waals surface area contributed by atoms with Crippen molar-refractivity contribution in [1.82, 2.24) is 21.3 Å². The second-order valence-corrected chi connectivity index (χ2v) is 10.3. The number of hydrogen-bond donors (Lipinski definition) is 4. The van der Waals surface area contributed by atoms with E-state index in [2.05, 4.69) is 30.7 Å². The van der Waals surface area contributed by atoms with Gasteiger partial charge in [0.1, 0.15) is 12.1 Å². The fourth-order valence-corrected chi connectivity index (χ4v) is 3.80. The third-order valence-corrected chi connectivity index (χ3v) is 5.83. The van der Waals surface area contributed by atoms with Crippen molar-refractivity contribution >= 4 is 35.6 Å². The van der Waals surface area contributed by atoms with Gasteiger partial charge in [-0.2, -0.15) is 0 Å². The summed E-state index contributed by atoms with van der Waals surface area (Å²) in [6.45, 7) is 8.34. The molecule has 0 saturated carbocycles. The third kappa shape index (κ3) is 17.1. The molecule has 0 aliphatic rings. The second-order valence-electron chi connectivity index (χ2n) is 10.3. The SMILES string of the molecule is COC(=O)[C@H](CC(C)C)NC(=O)C(=O)NCCCCCCCCCNC(=O)C(=O)N[C@@H](CC(C)C)C(=O)OC. The highest BCUT2D eigenvalue weighted by Gasteiger charge is 2.26. The predicted molar refractivity (Wildman–Crippen MR) is 145 cm³/mol. The Kier molecular flexibility index (Phi) is 19.0. The molecule has 12 nitrogen and oxygen atoms in total. The number of esters is 2. The lowest BCUT2D eigenvalue weighted by atomic mass is 10.0. The lowest BCUT2D eigenvalue weighted by Gasteiger charge is -2.18. The molecule has 0 radical (unpaired) electrons. The molecule has 0 heterocycles. The normalized spacial score (nSPS) is 12.3. The summed E-state index contributed by atoms with van der Waals surface area (Å²) in [6, 6.07) is -1.71. The number of rotatable bonds is 18. The number of nitrogens with one attached hydrogen (secondary N) is 4. The highest BCUT2D eigenvalue weighted by atomic mass is 16.5.